The molecule has 0 aliphatic carbocycles. The molecule has 0 saturated carbocycles. The van der Waals surface area contributed by atoms with Gasteiger partial charge in [0.05, 0.1) is 7.11 Å². The number of methoxy groups -OCH3 is 1. The van der Waals surface area contributed by atoms with Gasteiger partial charge in [-0.05, 0) is 102 Å². The van der Waals surface area contributed by atoms with Gasteiger partial charge < -0.3 is 30.7 Å². The molecule has 0 aliphatic rings. The molecule has 11 nitrogen and oxygen atoms in total. The quantitative estimate of drug-likeness (QED) is 0.0732. The van der Waals surface area contributed by atoms with Crippen LogP contribution in [-0.2, 0) is 28.7 Å². The van der Waals surface area contributed by atoms with Gasteiger partial charge in [-0.1, -0.05) is 55.4 Å². The van der Waals surface area contributed by atoms with Crippen molar-refractivity contribution in [1.82, 2.24) is 21.3 Å². The van der Waals surface area contributed by atoms with Crippen molar-refractivity contribution in [3.63, 3.8) is 0 Å². The first kappa shape index (κ1) is 47.1. The van der Waals surface area contributed by atoms with Crippen molar-refractivity contribution >= 4 is 29.8 Å². The Balaban J connectivity index is 5.08. The van der Waals surface area contributed by atoms with Crippen LogP contribution in [0.5, 0.6) is 0 Å². The summed E-state index contributed by atoms with van der Waals surface area (Å²) >= 11 is 0. The minimum Gasteiger partial charge on any atom is -0.469 e. The van der Waals surface area contributed by atoms with Crippen molar-refractivity contribution in [3.05, 3.63) is 0 Å². The fourth-order valence-corrected chi connectivity index (χ4v) is 6.16. The van der Waals surface area contributed by atoms with Gasteiger partial charge in [0.25, 0.3) is 0 Å². The molecule has 0 rings (SSSR count). The number of ether oxygens (including phenoxy) is 2. The minimum atomic E-state index is -0.600. The van der Waals surface area contributed by atoms with Crippen LogP contribution in [0.2, 0.25) is 0 Å². The molecule has 4 amide bonds. The third kappa shape index (κ3) is 26.9. The molecule has 50 heavy (non-hydrogen) atoms. The first-order valence-corrected chi connectivity index (χ1v) is 19.1. The molecule has 0 spiro atoms. The molecule has 0 aromatic carbocycles. The molecule has 0 unspecified atom stereocenters. The zero-order valence-corrected chi connectivity index (χ0v) is 33.7. The lowest BCUT2D eigenvalue weighted by Crippen LogP contribution is -2.42. The van der Waals surface area contributed by atoms with E-state index in [-0.39, 0.29) is 60.7 Å². The second-order valence-corrected chi connectivity index (χ2v) is 16.7. The summed E-state index contributed by atoms with van der Waals surface area (Å²) < 4.78 is 10.2. The highest BCUT2D eigenvalue weighted by Crippen LogP contribution is 2.17. The third-order valence-electron chi connectivity index (χ3n) is 8.16. The van der Waals surface area contributed by atoms with Crippen molar-refractivity contribution in [2.24, 2.45) is 23.7 Å². The Morgan fingerprint density at radius 2 is 0.840 bits per heavy atom. The minimum absolute atomic E-state index is 0.0430. The first-order valence-electron chi connectivity index (χ1n) is 19.1. The number of alkyl carbamates (subject to hydrolysis) is 1. The Kier molecular flexibility index (Phi) is 23.7. The smallest absolute Gasteiger partial charge is 0.407 e. The molecule has 11 heteroatoms. The Bertz CT molecular complexity index is 1010. The fourth-order valence-electron chi connectivity index (χ4n) is 6.16. The zero-order valence-electron chi connectivity index (χ0n) is 33.7. The average molecular weight is 711 g/mol. The SMILES string of the molecule is COC(=O)CC[C@H](CC(C)C)NC(=O)CCC[C@H](CC(C)C)NC(=O)CC[C@H](CC(C)C)NC(=O)CC[C@H](CC(C)C)NC(=O)OC(C)(C)C. The van der Waals surface area contributed by atoms with Crippen LogP contribution in [0, 0.1) is 23.7 Å². The Hall–Kier alpha value is -2.85. The predicted molar refractivity (Wildman–Crippen MR) is 200 cm³/mol. The molecule has 0 saturated heterocycles. The summed E-state index contributed by atoms with van der Waals surface area (Å²) in [7, 11) is 1.37. The summed E-state index contributed by atoms with van der Waals surface area (Å²) in [5.41, 5.74) is -0.600. The van der Waals surface area contributed by atoms with Crippen LogP contribution in [0.4, 0.5) is 4.79 Å². The summed E-state index contributed by atoms with van der Waals surface area (Å²) in [6.07, 6.45) is 6.69. The van der Waals surface area contributed by atoms with E-state index in [4.69, 9.17) is 9.47 Å². The van der Waals surface area contributed by atoms with E-state index >= 15 is 0 Å². The molecule has 0 radical (unpaired) electrons. The van der Waals surface area contributed by atoms with Gasteiger partial charge in [0.15, 0.2) is 0 Å². The third-order valence-corrected chi connectivity index (χ3v) is 8.16. The Morgan fingerprint density at radius 3 is 1.20 bits per heavy atom. The molecule has 292 valence electrons. The summed E-state index contributed by atoms with van der Waals surface area (Å²) in [5.74, 6) is 0.970. The number of nitrogens with one attached hydrogen (secondary N) is 4. The molecular weight excluding hydrogens is 636 g/mol. The molecule has 4 N–H and O–H groups in total. The number of hydrogen-bond donors (Lipinski definition) is 4. The maximum atomic E-state index is 13.1. The van der Waals surface area contributed by atoms with Crippen LogP contribution < -0.4 is 21.3 Å². The first-order chi connectivity index (χ1) is 23.2. The lowest BCUT2D eigenvalue weighted by atomic mass is 9.96. The number of carbonyl (C=O) groups excluding carboxylic acids is 5. The van der Waals surface area contributed by atoms with E-state index in [0.717, 1.165) is 25.7 Å². The molecule has 0 bridgehead atoms. The highest BCUT2D eigenvalue weighted by atomic mass is 16.6. The number of esters is 1. The highest BCUT2D eigenvalue weighted by Gasteiger charge is 2.23. The Labute approximate surface area is 304 Å². The van der Waals surface area contributed by atoms with Gasteiger partial charge in [-0.3, -0.25) is 19.2 Å². The van der Waals surface area contributed by atoms with Crippen molar-refractivity contribution in [1.29, 1.82) is 0 Å². The van der Waals surface area contributed by atoms with Gasteiger partial charge in [0.2, 0.25) is 17.7 Å². The van der Waals surface area contributed by atoms with E-state index < -0.39 is 11.7 Å². The second-order valence-electron chi connectivity index (χ2n) is 16.7. The topological polar surface area (TPSA) is 152 Å². The molecule has 4 atom stereocenters. The van der Waals surface area contributed by atoms with Crippen molar-refractivity contribution in [3.8, 4) is 0 Å². The predicted octanol–water partition coefficient (Wildman–Crippen LogP) is 7.20. The van der Waals surface area contributed by atoms with Crippen molar-refractivity contribution < 1.29 is 33.4 Å². The summed E-state index contributed by atoms with van der Waals surface area (Å²) in [6.45, 7) is 22.2. The van der Waals surface area contributed by atoms with E-state index in [9.17, 15) is 24.0 Å². The standard InChI is InChI=1S/C39H74N4O7/c1-26(2)22-30(14-13-15-34(44)41-32(24-28(5)6)18-21-37(47)49-12)40-35(45)19-16-31(23-27(3)4)42-36(46)20-17-33(25-29(7)8)43-38(48)50-39(9,10)11/h26-33H,13-25H2,1-12H3,(H,40,45)(H,41,44)(H,42,46)(H,43,48)/t30-,31-,32-,33-/m1/s1. The van der Waals surface area contributed by atoms with E-state index in [1.807, 2.05) is 20.8 Å². The van der Waals surface area contributed by atoms with Crippen LogP contribution >= 0.6 is 0 Å². The maximum Gasteiger partial charge on any atom is 0.407 e. The summed E-state index contributed by atoms with van der Waals surface area (Å²) in [4.78, 5) is 63.0. The van der Waals surface area contributed by atoms with E-state index in [0.29, 0.717) is 68.6 Å². The summed E-state index contributed by atoms with van der Waals surface area (Å²) in [6, 6.07) is -0.445. The van der Waals surface area contributed by atoms with Crippen molar-refractivity contribution in [2.75, 3.05) is 7.11 Å². The molecular formula is C39H74N4O7. The average Bonchev–Trinajstić information content (AvgIpc) is 2.95. The molecule has 0 aliphatic heterocycles. The number of amides is 4. The molecule has 0 aromatic heterocycles. The van der Waals surface area contributed by atoms with Gasteiger partial charge in [-0.25, -0.2) is 4.79 Å². The van der Waals surface area contributed by atoms with Gasteiger partial charge in [-0.2, -0.15) is 0 Å². The molecule has 0 fully saturated rings. The maximum absolute atomic E-state index is 13.1. The van der Waals surface area contributed by atoms with Crippen LogP contribution in [0.15, 0.2) is 0 Å². The van der Waals surface area contributed by atoms with Gasteiger partial charge in [0.1, 0.15) is 5.60 Å². The van der Waals surface area contributed by atoms with Crippen LogP contribution in [0.3, 0.4) is 0 Å². The van der Waals surface area contributed by atoms with Crippen LogP contribution in [0.25, 0.3) is 0 Å². The van der Waals surface area contributed by atoms with E-state index in [2.05, 4.69) is 76.7 Å². The fraction of sp³-hybridized carbons (Fsp3) is 0.872. The van der Waals surface area contributed by atoms with E-state index in [1.54, 1.807) is 0 Å². The second kappa shape index (κ2) is 25.2. The highest BCUT2D eigenvalue weighted by molar-refractivity contribution is 5.78. The monoisotopic (exact) mass is 711 g/mol. The lowest BCUT2D eigenvalue weighted by molar-refractivity contribution is -0.141. The van der Waals surface area contributed by atoms with Crippen LogP contribution in [-0.4, -0.2) is 66.7 Å². The van der Waals surface area contributed by atoms with E-state index in [1.165, 1.54) is 7.11 Å². The normalized spacial score (nSPS) is 14.2. The summed E-state index contributed by atoms with van der Waals surface area (Å²) in [5, 5.41) is 12.4. The molecule has 0 heterocycles. The van der Waals surface area contributed by atoms with Crippen molar-refractivity contribution in [2.45, 2.75) is 189 Å². The van der Waals surface area contributed by atoms with Crippen LogP contribution in [0.1, 0.15) is 160 Å². The Morgan fingerprint density at radius 1 is 0.500 bits per heavy atom. The van der Waals surface area contributed by atoms with Gasteiger partial charge >= 0.3 is 12.1 Å². The largest absolute Gasteiger partial charge is 0.469 e. The number of carbonyl (C=O) groups is 5. The molecule has 0 aromatic rings. The lowest BCUT2D eigenvalue weighted by Gasteiger charge is -2.25. The van der Waals surface area contributed by atoms with Gasteiger partial charge in [-0.15, -0.1) is 0 Å². The van der Waals surface area contributed by atoms with Gasteiger partial charge in [0, 0.05) is 49.9 Å². The number of rotatable bonds is 25. The zero-order chi connectivity index (χ0) is 38.4. The number of hydrogen-bond acceptors (Lipinski definition) is 7.